The molecule has 0 fully saturated rings. The third kappa shape index (κ3) is 4.29. The summed E-state index contributed by atoms with van der Waals surface area (Å²) >= 11 is 8.52. The number of anilines is 1. The van der Waals surface area contributed by atoms with Crippen LogP contribution in [0.4, 0.5) is 25.4 Å². The van der Waals surface area contributed by atoms with Gasteiger partial charge in [-0.3, -0.25) is 10.1 Å². The monoisotopic (exact) mass is 412 g/mol. The van der Waals surface area contributed by atoms with E-state index < -0.39 is 44.9 Å². The van der Waals surface area contributed by atoms with Crippen molar-refractivity contribution in [1.82, 2.24) is 0 Å². The van der Waals surface area contributed by atoms with E-state index in [0.29, 0.717) is 0 Å². The largest absolute Gasteiger partial charge is 0.464 e. The second kappa shape index (κ2) is 6.67. The van der Waals surface area contributed by atoms with Gasteiger partial charge in [0.15, 0.2) is 5.69 Å². The Balaban J connectivity index is 3.62. The Labute approximate surface area is 143 Å². The van der Waals surface area contributed by atoms with E-state index in [4.69, 9.17) is 16.3 Å². The number of amides is 2. The minimum atomic E-state index is -1.91. The molecule has 0 saturated carbocycles. The Kier molecular flexibility index (Phi) is 5.54. The van der Waals surface area contributed by atoms with E-state index in [0.717, 1.165) is 6.07 Å². The summed E-state index contributed by atoms with van der Waals surface area (Å²) in [6, 6.07) is 0.902. The first kappa shape index (κ1) is 19.1. The minimum Gasteiger partial charge on any atom is -0.464 e. The van der Waals surface area contributed by atoms with E-state index in [1.54, 1.807) is 0 Å². The Bertz CT molecular complexity index is 691. The van der Waals surface area contributed by atoms with Gasteiger partial charge in [-0.15, -0.1) is 0 Å². The van der Waals surface area contributed by atoms with Crippen LogP contribution in [0.3, 0.4) is 0 Å². The topological polar surface area (TPSA) is 110 Å². The van der Waals surface area contributed by atoms with Crippen LogP contribution in [0.1, 0.15) is 20.8 Å². The molecule has 0 aliphatic heterocycles. The number of carboxylic acid groups (broad SMARTS) is 1. The highest BCUT2D eigenvalue weighted by molar-refractivity contribution is 9.10. The summed E-state index contributed by atoms with van der Waals surface area (Å²) in [6.07, 6.45) is -3.36. The number of imide groups is 1. The third-order valence-corrected chi connectivity index (χ3v) is 3.16. The number of nitro benzene ring substituents is 1. The lowest BCUT2D eigenvalue weighted by molar-refractivity contribution is -0.386. The zero-order valence-electron chi connectivity index (χ0n) is 12.1. The van der Waals surface area contributed by atoms with Crippen molar-refractivity contribution in [2.75, 3.05) is 4.90 Å². The Morgan fingerprint density at radius 1 is 1.48 bits per heavy atom. The second-order valence-electron chi connectivity index (χ2n) is 5.21. The fourth-order valence-electron chi connectivity index (χ4n) is 1.53. The first-order valence-corrected chi connectivity index (χ1v) is 7.11. The number of halogens is 3. The zero-order chi connectivity index (χ0) is 18.1. The van der Waals surface area contributed by atoms with Crippen LogP contribution < -0.4 is 4.90 Å². The molecular weight excluding hydrogens is 402 g/mol. The van der Waals surface area contributed by atoms with Crippen molar-refractivity contribution < 1.29 is 28.7 Å². The lowest BCUT2D eigenvalue weighted by atomic mass is 10.2. The molecule has 126 valence electrons. The summed E-state index contributed by atoms with van der Waals surface area (Å²) in [4.78, 5) is 33.2. The first-order chi connectivity index (χ1) is 10.4. The van der Waals surface area contributed by atoms with E-state index in [9.17, 15) is 29.2 Å². The number of carbonyl (C=O) groups is 2. The molecule has 0 aliphatic rings. The maximum absolute atomic E-state index is 14.0. The molecule has 0 spiro atoms. The van der Waals surface area contributed by atoms with Gasteiger partial charge in [-0.25, -0.2) is 9.59 Å². The van der Waals surface area contributed by atoms with Crippen molar-refractivity contribution in [1.29, 1.82) is 0 Å². The number of benzene rings is 1. The summed E-state index contributed by atoms with van der Waals surface area (Å²) in [5.41, 5.74) is -3.28. The van der Waals surface area contributed by atoms with Crippen LogP contribution >= 0.6 is 27.5 Å². The summed E-state index contributed by atoms with van der Waals surface area (Å²) < 4.78 is 18.5. The average molecular weight is 414 g/mol. The molecule has 1 aromatic carbocycles. The van der Waals surface area contributed by atoms with Crippen molar-refractivity contribution in [3.8, 4) is 0 Å². The minimum absolute atomic E-state index is 0.110. The highest BCUT2D eigenvalue weighted by Gasteiger charge is 2.38. The van der Waals surface area contributed by atoms with E-state index in [2.05, 4.69) is 15.9 Å². The lowest BCUT2D eigenvalue weighted by Crippen LogP contribution is -2.40. The van der Waals surface area contributed by atoms with E-state index in [1.165, 1.54) is 20.8 Å². The molecule has 0 aromatic heterocycles. The third-order valence-electron chi connectivity index (χ3n) is 2.30. The molecule has 11 heteroatoms. The van der Waals surface area contributed by atoms with Gasteiger partial charge in [-0.05, 0) is 42.8 Å². The van der Waals surface area contributed by atoms with Crippen LogP contribution in [-0.2, 0) is 4.74 Å². The molecule has 0 bridgehead atoms. The number of hydrogen-bond donors (Lipinski definition) is 1. The molecule has 0 radical (unpaired) electrons. The zero-order valence-corrected chi connectivity index (χ0v) is 14.4. The molecule has 0 unspecified atom stereocenters. The van der Waals surface area contributed by atoms with Gasteiger partial charge in [-0.1, -0.05) is 11.6 Å². The highest BCUT2D eigenvalue weighted by atomic mass is 79.9. The number of ether oxygens (including phenoxy) is 1. The molecule has 2 amide bonds. The molecule has 8 nitrogen and oxygen atoms in total. The van der Waals surface area contributed by atoms with Gasteiger partial charge in [0, 0.05) is 0 Å². The molecule has 23 heavy (non-hydrogen) atoms. The van der Waals surface area contributed by atoms with Crippen LogP contribution in [0.15, 0.2) is 10.5 Å². The molecule has 0 heterocycles. The van der Waals surface area contributed by atoms with E-state index >= 15 is 0 Å². The molecule has 0 atom stereocenters. The standard InChI is InChI=1S/C12H11BrClFN2O6/c1-12(2,3)23-11(20)16(10(18)19)8-6(14)4-5(13)7(15)9(8)17(21)22/h4H,1-3H3,(H,18,19). The molecule has 1 rings (SSSR count). The number of carbonyl (C=O) groups excluding carboxylic acids is 1. The lowest BCUT2D eigenvalue weighted by Gasteiger charge is -2.24. The van der Waals surface area contributed by atoms with E-state index in [1.807, 2.05) is 0 Å². The molecule has 1 N–H and O–H groups in total. The Morgan fingerprint density at radius 3 is 2.39 bits per heavy atom. The smallest absolute Gasteiger partial charge is 0.424 e. The quantitative estimate of drug-likeness (QED) is 0.432. The number of nitrogens with zero attached hydrogens (tertiary/aromatic N) is 2. The summed E-state index contributed by atoms with van der Waals surface area (Å²) in [6.45, 7) is 4.38. The number of hydrogen-bond acceptors (Lipinski definition) is 5. The predicted molar refractivity (Wildman–Crippen MR) is 82.5 cm³/mol. The molecule has 0 aliphatic carbocycles. The van der Waals surface area contributed by atoms with Crippen molar-refractivity contribution in [3.05, 3.63) is 31.5 Å². The van der Waals surface area contributed by atoms with Crippen molar-refractivity contribution >= 4 is 51.1 Å². The molecule has 0 saturated heterocycles. The fourth-order valence-corrected chi connectivity index (χ4v) is 2.36. The van der Waals surface area contributed by atoms with E-state index in [-0.39, 0.29) is 9.37 Å². The van der Waals surface area contributed by atoms with Gasteiger partial charge < -0.3 is 9.84 Å². The first-order valence-electron chi connectivity index (χ1n) is 5.94. The van der Waals surface area contributed by atoms with Crippen LogP contribution in [0.5, 0.6) is 0 Å². The maximum atomic E-state index is 14.0. The van der Waals surface area contributed by atoms with Crippen molar-refractivity contribution in [2.45, 2.75) is 26.4 Å². The summed E-state index contributed by atoms with van der Waals surface area (Å²) in [7, 11) is 0. The summed E-state index contributed by atoms with van der Waals surface area (Å²) in [5.74, 6) is -1.37. The van der Waals surface area contributed by atoms with Crippen LogP contribution in [-0.4, -0.2) is 27.8 Å². The SMILES string of the molecule is CC(C)(C)OC(=O)N(C(=O)O)c1c(Cl)cc(Br)c(F)c1[N+](=O)[O-]. The van der Waals surface area contributed by atoms with Gasteiger partial charge >= 0.3 is 17.9 Å². The molecular formula is C12H11BrClFN2O6. The van der Waals surface area contributed by atoms with Crippen molar-refractivity contribution in [2.24, 2.45) is 0 Å². The van der Waals surface area contributed by atoms with Crippen LogP contribution in [0, 0.1) is 15.9 Å². The predicted octanol–water partition coefficient (Wildman–Crippen LogP) is 4.57. The van der Waals surface area contributed by atoms with Gasteiger partial charge in [-0.2, -0.15) is 9.29 Å². The van der Waals surface area contributed by atoms with Crippen LogP contribution in [0.25, 0.3) is 0 Å². The van der Waals surface area contributed by atoms with Gasteiger partial charge in [0.2, 0.25) is 5.82 Å². The number of nitro groups is 1. The van der Waals surface area contributed by atoms with Gasteiger partial charge in [0.25, 0.3) is 0 Å². The van der Waals surface area contributed by atoms with Crippen LogP contribution in [0.2, 0.25) is 5.02 Å². The highest BCUT2D eigenvalue weighted by Crippen LogP contribution is 2.41. The van der Waals surface area contributed by atoms with Gasteiger partial charge in [0.05, 0.1) is 14.4 Å². The average Bonchev–Trinajstić information content (AvgIpc) is 2.32. The Hall–Kier alpha value is -1.94. The molecule has 1 aromatic rings. The Morgan fingerprint density at radius 2 is 2.00 bits per heavy atom. The second-order valence-corrected chi connectivity index (χ2v) is 6.47. The summed E-state index contributed by atoms with van der Waals surface area (Å²) in [5, 5.41) is 19.8. The maximum Gasteiger partial charge on any atom is 0.424 e. The van der Waals surface area contributed by atoms with Crippen molar-refractivity contribution in [3.63, 3.8) is 0 Å². The van der Waals surface area contributed by atoms with Gasteiger partial charge in [0.1, 0.15) is 5.60 Å². The number of rotatable bonds is 2. The normalized spacial score (nSPS) is 11.0. The fraction of sp³-hybridized carbons (Fsp3) is 0.333.